The van der Waals surface area contributed by atoms with E-state index in [1.165, 1.54) is 41.9 Å². The van der Waals surface area contributed by atoms with Gasteiger partial charge in [0.2, 0.25) is 5.91 Å². The number of rotatable bonds is 3. The molecule has 2 saturated carbocycles. The van der Waals surface area contributed by atoms with Crippen LogP contribution in [0.4, 0.5) is 13.2 Å². The molecule has 1 aromatic heterocycles. The van der Waals surface area contributed by atoms with Gasteiger partial charge in [0.25, 0.3) is 0 Å². The fourth-order valence-corrected chi connectivity index (χ4v) is 2.59. The molecule has 3 nitrogen and oxygen atoms in total. The minimum Gasteiger partial charge on any atom is -0.294 e. The maximum absolute atomic E-state index is 12.1. The Balaban J connectivity index is 1.65. The van der Waals surface area contributed by atoms with E-state index in [9.17, 15) is 18.0 Å². The average molecular weight is 284 g/mol. The molecule has 2 unspecified atom stereocenters. The number of carbonyl (C=O) groups is 1. The molecule has 0 aromatic carbocycles. The van der Waals surface area contributed by atoms with Gasteiger partial charge in [-0.15, -0.1) is 0 Å². The smallest absolute Gasteiger partial charge is 0.294 e. The molecule has 0 bridgehead atoms. The third kappa shape index (κ3) is 3.11. The Labute approximate surface area is 114 Å². The molecule has 0 N–H and O–H groups in total. The van der Waals surface area contributed by atoms with Crippen LogP contribution < -0.4 is 5.36 Å². The maximum Gasteiger partial charge on any atom is 0.407 e. The molecule has 108 valence electrons. The van der Waals surface area contributed by atoms with E-state index in [4.69, 9.17) is 0 Å². The van der Waals surface area contributed by atoms with Crippen molar-refractivity contribution in [1.29, 1.82) is 0 Å². The van der Waals surface area contributed by atoms with Gasteiger partial charge in [-0.2, -0.15) is 13.2 Å². The first-order valence-corrected chi connectivity index (χ1v) is 6.74. The van der Waals surface area contributed by atoms with E-state index < -0.39 is 12.7 Å². The van der Waals surface area contributed by atoms with Crippen LogP contribution in [0, 0.1) is 17.8 Å². The summed E-state index contributed by atoms with van der Waals surface area (Å²) in [5.74, 6) is 1.41. The van der Waals surface area contributed by atoms with Gasteiger partial charge in [0.1, 0.15) is 6.54 Å². The Morgan fingerprint density at radius 2 is 1.95 bits per heavy atom. The second kappa shape index (κ2) is 4.75. The van der Waals surface area contributed by atoms with Crippen LogP contribution >= 0.6 is 0 Å². The Kier molecular flexibility index (Phi) is 3.18. The molecular formula is C14H15F3N2O. The first-order valence-electron chi connectivity index (χ1n) is 6.74. The number of alkyl halides is 3. The number of carbonyl (C=O) groups excluding carboxylic acids is 1. The number of pyridine rings is 1. The van der Waals surface area contributed by atoms with Crippen LogP contribution in [-0.2, 0) is 0 Å². The second-order valence-electron chi connectivity index (χ2n) is 5.58. The maximum atomic E-state index is 12.1. The predicted octanol–water partition coefficient (Wildman–Crippen LogP) is 2.64. The Morgan fingerprint density at radius 1 is 1.30 bits per heavy atom. The van der Waals surface area contributed by atoms with Gasteiger partial charge in [0.15, 0.2) is 0 Å². The van der Waals surface area contributed by atoms with Crippen LogP contribution in [0.3, 0.4) is 0 Å². The molecule has 20 heavy (non-hydrogen) atoms. The minimum absolute atomic E-state index is 0.0456. The highest BCUT2D eigenvalue weighted by Gasteiger charge is 2.51. The average Bonchev–Trinajstić information content (AvgIpc) is 3.26. The number of nitrogens with zero attached hydrogens (tertiary/aromatic N) is 2. The summed E-state index contributed by atoms with van der Waals surface area (Å²) in [7, 11) is 0. The van der Waals surface area contributed by atoms with E-state index in [1.807, 2.05) is 0 Å². The zero-order chi connectivity index (χ0) is 14.3. The minimum atomic E-state index is -4.30. The highest BCUT2D eigenvalue weighted by atomic mass is 19.4. The predicted molar refractivity (Wildman–Crippen MR) is 65.9 cm³/mol. The van der Waals surface area contributed by atoms with Gasteiger partial charge in [-0.3, -0.25) is 14.4 Å². The van der Waals surface area contributed by atoms with Crippen molar-refractivity contribution in [2.45, 2.75) is 25.4 Å². The molecule has 2 fully saturated rings. The highest BCUT2D eigenvalue weighted by Crippen LogP contribution is 2.54. The van der Waals surface area contributed by atoms with E-state index in [0.717, 1.165) is 12.3 Å². The molecule has 3 rings (SSSR count). The Morgan fingerprint density at radius 3 is 2.50 bits per heavy atom. The summed E-state index contributed by atoms with van der Waals surface area (Å²) < 4.78 is 37.6. The third-order valence-corrected chi connectivity index (χ3v) is 3.89. The zero-order valence-electron chi connectivity index (χ0n) is 10.8. The van der Waals surface area contributed by atoms with Crippen LogP contribution in [0.1, 0.15) is 24.1 Å². The molecule has 0 amide bonds. The van der Waals surface area contributed by atoms with Crippen molar-refractivity contribution < 1.29 is 18.0 Å². The van der Waals surface area contributed by atoms with Crippen molar-refractivity contribution in [1.82, 2.24) is 4.57 Å². The molecule has 2 aliphatic rings. The SMILES string of the molecule is O=C(C1CC1C1CC1)n1ccc(=NCC(F)(F)F)cc1. The lowest BCUT2D eigenvalue weighted by molar-refractivity contribution is -0.118. The number of aromatic nitrogens is 1. The summed E-state index contributed by atoms with van der Waals surface area (Å²) in [5, 5.41) is 0.237. The normalized spacial score (nSPS) is 25.4. The Hall–Kier alpha value is -1.59. The molecule has 6 heteroatoms. The van der Waals surface area contributed by atoms with E-state index >= 15 is 0 Å². The lowest BCUT2D eigenvalue weighted by Gasteiger charge is -2.04. The van der Waals surface area contributed by atoms with Crippen LogP contribution in [-0.4, -0.2) is 23.2 Å². The molecular weight excluding hydrogens is 269 g/mol. The summed E-state index contributed by atoms with van der Waals surface area (Å²) in [6.45, 7) is -1.20. The van der Waals surface area contributed by atoms with Gasteiger partial charge in [0, 0.05) is 18.3 Å². The lowest BCUT2D eigenvalue weighted by Crippen LogP contribution is -2.18. The first kappa shape index (κ1) is 13.4. The molecule has 0 saturated heterocycles. The Bertz CT molecular complexity index is 566. The standard InChI is InChI=1S/C14H15F3N2O/c15-14(16,17)8-18-10-3-5-19(6-4-10)13(20)12-7-11(12)9-1-2-9/h3-6,9,11-12H,1-2,7-8H2. The largest absolute Gasteiger partial charge is 0.407 e. The number of hydrogen-bond donors (Lipinski definition) is 0. The quantitative estimate of drug-likeness (QED) is 0.840. The summed E-state index contributed by atoms with van der Waals surface area (Å²) >= 11 is 0. The highest BCUT2D eigenvalue weighted by molar-refractivity contribution is 5.84. The summed E-state index contributed by atoms with van der Waals surface area (Å²) in [4.78, 5) is 15.6. The van der Waals surface area contributed by atoms with Crippen molar-refractivity contribution >= 4 is 5.91 Å². The van der Waals surface area contributed by atoms with Crippen LogP contribution in [0.25, 0.3) is 0 Å². The lowest BCUT2D eigenvalue weighted by atomic mass is 10.2. The van der Waals surface area contributed by atoms with Crippen LogP contribution in [0.5, 0.6) is 0 Å². The van der Waals surface area contributed by atoms with Gasteiger partial charge in [-0.05, 0) is 43.2 Å². The fourth-order valence-electron chi connectivity index (χ4n) is 2.59. The second-order valence-corrected chi connectivity index (χ2v) is 5.58. The van der Waals surface area contributed by atoms with Crippen LogP contribution in [0.15, 0.2) is 29.5 Å². The van der Waals surface area contributed by atoms with E-state index in [1.54, 1.807) is 0 Å². The summed E-state index contributed by atoms with van der Waals surface area (Å²) in [6, 6.07) is 2.89. The molecule has 2 atom stereocenters. The fraction of sp³-hybridized carbons (Fsp3) is 0.571. The third-order valence-electron chi connectivity index (χ3n) is 3.89. The van der Waals surface area contributed by atoms with Gasteiger partial charge in [-0.25, -0.2) is 0 Å². The first-order chi connectivity index (χ1) is 9.44. The molecule has 1 heterocycles. The summed E-state index contributed by atoms with van der Waals surface area (Å²) in [5.41, 5.74) is 0. The van der Waals surface area contributed by atoms with Crippen molar-refractivity contribution in [3.63, 3.8) is 0 Å². The van der Waals surface area contributed by atoms with E-state index in [0.29, 0.717) is 5.92 Å². The summed E-state index contributed by atoms with van der Waals surface area (Å²) in [6.07, 6.45) is 2.12. The monoisotopic (exact) mass is 284 g/mol. The molecule has 0 spiro atoms. The molecule has 1 aromatic rings. The van der Waals surface area contributed by atoms with Crippen molar-refractivity contribution in [3.8, 4) is 0 Å². The molecule has 2 aliphatic carbocycles. The van der Waals surface area contributed by atoms with E-state index in [-0.39, 0.29) is 17.2 Å². The van der Waals surface area contributed by atoms with Crippen molar-refractivity contribution in [2.24, 2.45) is 22.7 Å². The molecule has 0 aliphatic heterocycles. The number of hydrogen-bond acceptors (Lipinski definition) is 2. The van der Waals surface area contributed by atoms with Gasteiger partial charge in [0.05, 0.1) is 5.36 Å². The topological polar surface area (TPSA) is 34.4 Å². The van der Waals surface area contributed by atoms with Gasteiger partial charge >= 0.3 is 6.18 Å². The van der Waals surface area contributed by atoms with Crippen molar-refractivity contribution in [3.05, 3.63) is 29.9 Å². The molecule has 0 radical (unpaired) electrons. The van der Waals surface area contributed by atoms with Gasteiger partial charge < -0.3 is 0 Å². The van der Waals surface area contributed by atoms with Crippen molar-refractivity contribution in [2.75, 3.05) is 6.54 Å². The number of halogens is 3. The zero-order valence-corrected chi connectivity index (χ0v) is 10.8. The van der Waals surface area contributed by atoms with Gasteiger partial charge in [-0.1, -0.05) is 0 Å². The van der Waals surface area contributed by atoms with Crippen LogP contribution in [0.2, 0.25) is 0 Å². The van der Waals surface area contributed by atoms with E-state index in [2.05, 4.69) is 4.99 Å².